The summed E-state index contributed by atoms with van der Waals surface area (Å²) in [6, 6.07) is 6.73. The Labute approximate surface area is 162 Å². The number of aromatic nitrogens is 4. The Bertz CT molecular complexity index is 939. The van der Waals surface area contributed by atoms with Gasteiger partial charge in [-0.25, -0.2) is 9.97 Å². The first kappa shape index (κ1) is 19.3. The smallest absolute Gasteiger partial charge is 0.252 e. The van der Waals surface area contributed by atoms with Crippen molar-refractivity contribution in [2.24, 2.45) is 0 Å². The lowest BCUT2D eigenvalue weighted by molar-refractivity contribution is 0.0953. The summed E-state index contributed by atoms with van der Waals surface area (Å²) in [7, 11) is 3.39. The van der Waals surface area contributed by atoms with E-state index >= 15 is 0 Å². The third kappa shape index (κ3) is 4.26. The summed E-state index contributed by atoms with van der Waals surface area (Å²) in [5.41, 5.74) is 1.68. The van der Waals surface area contributed by atoms with Crippen molar-refractivity contribution in [3.63, 3.8) is 0 Å². The Balaban J connectivity index is 1.75. The van der Waals surface area contributed by atoms with Gasteiger partial charge in [0.15, 0.2) is 5.82 Å². The van der Waals surface area contributed by atoms with Gasteiger partial charge in [0.1, 0.15) is 0 Å². The van der Waals surface area contributed by atoms with E-state index in [2.05, 4.69) is 25.7 Å². The van der Waals surface area contributed by atoms with Gasteiger partial charge in [-0.05, 0) is 43.8 Å². The largest absolute Gasteiger partial charge is 0.493 e. The Morgan fingerprint density at radius 2 is 2.07 bits per heavy atom. The van der Waals surface area contributed by atoms with Crippen LogP contribution in [-0.2, 0) is 0 Å². The quantitative estimate of drug-likeness (QED) is 0.504. The van der Waals surface area contributed by atoms with Crippen molar-refractivity contribution in [2.45, 2.75) is 6.42 Å². The van der Waals surface area contributed by atoms with Gasteiger partial charge in [0.05, 0.1) is 24.4 Å². The van der Waals surface area contributed by atoms with E-state index in [0.29, 0.717) is 34.9 Å². The van der Waals surface area contributed by atoms with Crippen LogP contribution in [0.4, 0.5) is 0 Å². The third-order valence-electron chi connectivity index (χ3n) is 4.11. The highest BCUT2D eigenvalue weighted by atomic mass is 16.5. The maximum absolute atomic E-state index is 12.1. The van der Waals surface area contributed by atoms with Gasteiger partial charge in [-0.3, -0.25) is 4.79 Å². The molecule has 0 saturated heterocycles. The first-order valence-corrected chi connectivity index (χ1v) is 8.80. The van der Waals surface area contributed by atoms with Crippen LogP contribution < -0.4 is 15.4 Å². The van der Waals surface area contributed by atoms with Gasteiger partial charge in [-0.1, -0.05) is 0 Å². The average molecular weight is 382 g/mol. The molecule has 0 atom stereocenters. The molecule has 3 rings (SSSR count). The third-order valence-corrected chi connectivity index (χ3v) is 4.11. The average Bonchev–Trinajstić information content (AvgIpc) is 3.12. The summed E-state index contributed by atoms with van der Waals surface area (Å²) in [5.74, 6) is 0.582. The molecule has 0 bridgehead atoms. The summed E-state index contributed by atoms with van der Waals surface area (Å²) in [6.07, 6.45) is 5.43. The molecule has 146 valence electrons. The molecule has 0 aliphatic carbocycles. The van der Waals surface area contributed by atoms with Crippen LogP contribution in [-0.4, -0.2) is 58.0 Å². The molecule has 0 radical (unpaired) electrons. The van der Waals surface area contributed by atoms with Crippen molar-refractivity contribution in [2.75, 3.05) is 27.2 Å². The standard InChI is InChI=1S/C19H22N6O3/c1-20-7-3-8-22-18(26)14-4-5-16(23-11-14)25-19(27)15(12-24-25)13-6-9-21-17(10-13)28-2/h4-6,9-12,20,27H,3,7-8H2,1-2H3,(H,22,26). The second-order valence-electron chi connectivity index (χ2n) is 6.00. The number of ether oxygens (including phenoxy) is 1. The fraction of sp³-hybridized carbons (Fsp3) is 0.263. The summed E-state index contributed by atoms with van der Waals surface area (Å²) in [4.78, 5) is 20.4. The molecular formula is C19H22N6O3. The number of hydrogen-bond acceptors (Lipinski definition) is 7. The van der Waals surface area contributed by atoms with Gasteiger partial charge >= 0.3 is 0 Å². The summed E-state index contributed by atoms with van der Waals surface area (Å²) in [5, 5.41) is 20.6. The van der Waals surface area contributed by atoms with Gasteiger partial charge < -0.3 is 20.5 Å². The van der Waals surface area contributed by atoms with Crippen molar-refractivity contribution in [1.82, 2.24) is 30.4 Å². The molecule has 0 unspecified atom stereocenters. The van der Waals surface area contributed by atoms with Crippen LogP contribution >= 0.6 is 0 Å². The van der Waals surface area contributed by atoms with E-state index in [1.54, 1.807) is 30.5 Å². The highest BCUT2D eigenvalue weighted by Gasteiger charge is 2.15. The lowest BCUT2D eigenvalue weighted by Crippen LogP contribution is -2.26. The molecule has 0 saturated carbocycles. The SMILES string of the molecule is CNCCCNC(=O)c1ccc(-n2ncc(-c3ccnc(OC)c3)c2O)nc1. The molecule has 1 amide bonds. The van der Waals surface area contributed by atoms with Gasteiger partial charge in [-0.15, -0.1) is 0 Å². The highest BCUT2D eigenvalue weighted by molar-refractivity contribution is 5.93. The predicted octanol–water partition coefficient (Wildman–Crippen LogP) is 1.38. The fourth-order valence-corrected chi connectivity index (χ4v) is 2.62. The highest BCUT2D eigenvalue weighted by Crippen LogP contribution is 2.31. The molecule has 0 aliphatic rings. The number of carbonyl (C=O) groups excluding carboxylic acids is 1. The van der Waals surface area contributed by atoms with Crippen LogP contribution in [0.2, 0.25) is 0 Å². The van der Waals surface area contributed by atoms with Crippen molar-refractivity contribution < 1.29 is 14.6 Å². The van der Waals surface area contributed by atoms with E-state index in [-0.39, 0.29) is 11.8 Å². The molecule has 3 heterocycles. The zero-order chi connectivity index (χ0) is 19.9. The molecular weight excluding hydrogens is 360 g/mol. The number of aromatic hydroxyl groups is 1. The monoisotopic (exact) mass is 382 g/mol. The molecule has 3 N–H and O–H groups in total. The first-order valence-electron chi connectivity index (χ1n) is 8.80. The normalized spacial score (nSPS) is 10.6. The van der Waals surface area contributed by atoms with Crippen LogP contribution in [0.1, 0.15) is 16.8 Å². The number of methoxy groups -OCH3 is 1. The minimum atomic E-state index is -0.190. The number of hydrogen-bond donors (Lipinski definition) is 3. The van der Waals surface area contributed by atoms with Crippen LogP contribution in [0.15, 0.2) is 42.9 Å². The number of amides is 1. The van der Waals surface area contributed by atoms with Gasteiger partial charge in [0.25, 0.3) is 5.91 Å². The number of pyridine rings is 2. The number of nitrogens with one attached hydrogen (secondary N) is 2. The summed E-state index contributed by atoms with van der Waals surface area (Å²) >= 11 is 0. The van der Waals surface area contributed by atoms with Gasteiger partial charge in [-0.2, -0.15) is 9.78 Å². The van der Waals surface area contributed by atoms with Crippen molar-refractivity contribution in [3.8, 4) is 28.7 Å². The molecule has 0 aliphatic heterocycles. The Morgan fingerprint density at radius 1 is 1.21 bits per heavy atom. The maximum Gasteiger partial charge on any atom is 0.252 e. The summed E-state index contributed by atoms with van der Waals surface area (Å²) in [6.45, 7) is 1.42. The molecule has 0 fully saturated rings. The fourth-order valence-electron chi connectivity index (χ4n) is 2.62. The number of rotatable bonds is 8. The predicted molar refractivity (Wildman–Crippen MR) is 104 cm³/mol. The van der Waals surface area contributed by atoms with Crippen molar-refractivity contribution in [3.05, 3.63) is 48.4 Å². The van der Waals surface area contributed by atoms with Crippen LogP contribution in [0.3, 0.4) is 0 Å². The summed E-state index contributed by atoms with van der Waals surface area (Å²) < 4.78 is 6.41. The van der Waals surface area contributed by atoms with Crippen molar-refractivity contribution in [1.29, 1.82) is 0 Å². The number of nitrogens with zero attached hydrogens (tertiary/aromatic N) is 4. The molecule has 3 aromatic heterocycles. The Morgan fingerprint density at radius 3 is 2.79 bits per heavy atom. The van der Waals surface area contributed by atoms with E-state index in [9.17, 15) is 9.90 Å². The second-order valence-corrected chi connectivity index (χ2v) is 6.00. The van der Waals surface area contributed by atoms with Crippen LogP contribution in [0.25, 0.3) is 16.9 Å². The minimum absolute atomic E-state index is 0.0648. The molecule has 3 aromatic rings. The first-order chi connectivity index (χ1) is 13.6. The molecule has 0 aromatic carbocycles. The zero-order valence-electron chi connectivity index (χ0n) is 15.7. The maximum atomic E-state index is 12.1. The van der Waals surface area contributed by atoms with E-state index in [4.69, 9.17) is 4.74 Å². The van der Waals surface area contributed by atoms with E-state index < -0.39 is 0 Å². The molecule has 0 spiro atoms. The van der Waals surface area contributed by atoms with Crippen LogP contribution in [0.5, 0.6) is 11.8 Å². The molecule has 9 heteroatoms. The van der Waals surface area contributed by atoms with E-state index in [0.717, 1.165) is 13.0 Å². The Kier molecular flexibility index (Phi) is 6.18. The number of carbonyl (C=O) groups is 1. The second kappa shape index (κ2) is 8.96. The van der Waals surface area contributed by atoms with Gasteiger partial charge in [0.2, 0.25) is 11.8 Å². The lowest BCUT2D eigenvalue weighted by Gasteiger charge is -2.07. The van der Waals surface area contributed by atoms with Crippen LogP contribution in [0, 0.1) is 0 Å². The minimum Gasteiger partial charge on any atom is -0.493 e. The lowest BCUT2D eigenvalue weighted by atomic mass is 10.1. The van der Waals surface area contributed by atoms with E-state index in [1.807, 2.05) is 7.05 Å². The van der Waals surface area contributed by atoms with Gasteiger partial charge in [0, 0.05) is 25.0 Å². The Hall–Kier alpha value is -3.46. The topological polar surface area (TPSA) is 114 Å². The van der Waals surface area contributed by atoms with Crippen molar-refractivity contribution >= 4 is 5.91 Å². The molecule has 9 nitrogen and oxygen atoms in total. The zero-order valence-corrected chi connectivity index (χ0v) is 15.7. The molecule has 28 heavy (non-hydrogen) atoms. The van der Waals surface area contributed by atoms with E-state index in [1.165, 1.54) is 24.2 Å².